The molecule has 0 aliphatic rings. The summed E-state index contributed by atoms with van der Waals surface area (Å²) in [7, 11) is 0. The van der Waals surface area contributed by atoms with Crippen molar-refractivity contribution in [3.05, 3.63) is 83.9 Å². The van der Waals surface area contributed by atoms with Gasteiger partial charge in [0.25, 0.3) is 0 Å². The van der Waals surface area contributed by atoms with Crippen molar-refractivity contribution in [3.8, 4) is 11.5 Å². The van der Waals surface area contributed by atoms with E-state index in [1.165, 1.54) is 6.92 Å². The Morgan fingerprint density at radius 3 is 1.70 bits per heavy atom. The van der Waals surface area contributed by atoms with E-state index >= 15 is 0 Å². The molecule has 166 valence electrons. The van der Waals surface area contributed by atoms with Crippen LogP contribution in [0.2, 0.25) is 0 Å². The van der Waals surface area contributed by atoms with Crippen LogP contribution < -0.4 is 9.62 Å². The Balaban J connectivity index is 1.49. The lowest BCUT2D eigenvalue weighted by atomic mass is 9.97. The summed E-state index contributed by atoms with van der Waals surface area (Å²) < 4.78 is 5.09. The molecule has 4 aromatic rings. The summed E-state index contributed by atoms with van der Waals surface area (Å²) in [4.78, 5) is 46.8. The van der Waals surface area contributed by atoms with Gasteiger partial charge in [-0.3, -0.25) is 14.4 Å². The first-order chi connectivity index (χ1) is 15.9. The zero-order valence-electron chi connectivity index (χ0n) is 18.3. The van der Waals surface area contributed by atoms with Crippen molar-refractivity contribution in [2.24, 2.45) is 0 Å². The van der Waals surface area contributed by atoms with Crippen LogP contribution in [0.3, 0.4) is 0 Å². The monoisotopic (exact) mass is 442 g/mol. The lowest BCUT2D eigenvalue weighted by Gasteiger charge is -2.07. The Morgan fingerprint density at radius 1 is 0.667 bits per heavy atom. The maximum absolute atomic E-state index is 12.8. The molecule has 0 bridgehead atoms. The minimum absolute atomic E-state index is 0.228. The predicted octanol–water partition coefficient (Wildman–Crippen LogP) is 5.70. The van der Waals surface area contributed by atoms with Gasteiger partial charge in [0.15, 0.2) is 17.3 Å². The quantitative estimate of drug-likeness (QED) is 0.0869. The highest BCUT2D eigenvalue weighted by Gasteiger charge is 2.15. The number of fused-ring (bicyclic) bond motifs is 2. The van der Waals surface area contributed by atoms with Gasteiger partial charge in [0.05, 0.1) is 13.0 Å². The fourth-order valence-corrected chi connectivity index (χ4v) is 3.55. The van der Waals surface area contributed by atoms with Gasteiger partial charge in [-0.15, -0.1) is 0 Å². The fraction of sp³-hybridized carbons (Fsp3) is 0.148. The SMILES string of the molecule is CCOOc1ccc2cc(C(=O)CC(=O)c3ccc4cc(OC(C)=O)ccc4c3)ccc2c1. The van der Waals surface area contributed by atoms with Crippen LogP contribution in [0.1, 0.15) is 41.0 Å². The number of carbonyl (C=O) groups excluding carboxylic acids is 3. The molecule has 0 saturated carbocycles. The Kier molecular flexibility index (Phi) is 6.47. The van der Waals surface area contributed by atoms with Crippen molar-refractivity contribution in [1.82, 2.24) is 0 Å². The van der Waals surface area contributed by atoms with Crippen LogP contribution in [0.25, 0.3) is 21.5 Å². The lowest BCUT2D eigenvalue weighted by Crippen LogP contribution is -2.08. The highest BCUT2D eigenvalue weighted by atomic mass is 17.2. The van der Waals surface area contributed by atoms with Gasteiger partial charge >= 0.3 is 5.97 Å². The Morgan fingerprint density at radius 2 is 1.15 bits per heavy atom. The third-order valence-electron chi connectivity index (χ3n) is 5.12. The molecule has 0 amide bonds. The Bertz CT molecular complexity index is 1370. The highest BCUT2D eigenvalue weighted by molar-refractivity contribution is 6.15. The van der Waals surface area contributed by atoms with Gasteiger partial charge in [-0.2, -0.15) is 4.89 Å². The van der Waals surface area contributed by atoms with Crippen LogP contribution >= 0.6 is 0 Å². The topological polar surface area (TPSA) is 78.9 Å². The first-order valence-electron chi connectivity index (χ1n) is 10.5. The number of hydrogen-bond acceptors (Lipinski definition) is 6. The summed E-state index contributed by atoms with van der Waals surface area (Å²) in [5.74, 6) is 0.119. The molecule has 0 spiro atoms. The van der Waals surface area contributed by atoms with Gasteiger partial charge in [0.1, 0.15) is 5.75 Å². The molecule has 0 radical (unpaired) electrons. The highest BCUT2D eigenvalue weighted by Crippen LogP contribution is 2.25. The van der Waals surface area contributed by atoms with Gasteiger partial charge in [0, 0.05) is 18.1 Å². The molecule has 6 heteroatoms. The number of carbonyl (C=O) groups is 3. The molecule has 0 atom stereocenters. The van der Waals surface area contributed by atoms with E-state index in [0.29, 0.717) is 29.2 Å². The van der Waals surface area contributed by atoms with Crippen molar-refractivity contribution < 1.29 is 28.9 Å². The summed E-state index contributed by atoms with van der Waals surface area (Å²) in [5, 5.41) is 3.42. The molecule has 0 N–H and O–H groups in total. The number of ketones is 2. The van der Waals surface area contributed by atoms with Gasteiger partial charge in [0.2, 0.25) is 0 Å². The molecule has 0 fully saturated rings. The van der Waals surface area contributed by atoms with Gasteiger partial charge in [-0.25, -0.2) is 0 Å². The number of ether oxygens (including phenoxy) is 1. The van der Waals surface area contributed by atoms with Crippen molar-refractivity contribution in [2.45, 2.75) is 20.3 Å². The zero-order valence-corrected chi connectivity index (χ0v) is 18.3. The van der Waals surface area contributed by atoms with Crippen molar-refractivity contribution in [2.75, 3.05) is 6.61 Å². The van der Waals surface area contributed by atoms with Crippen molar-refractivity contribution in [3.63, 3.8) is 0 Å². The average molecular weight is 442 g/mol. The van der Waals surface area contributed by atoms with E-state index in [1.807, 2.05) is 25.1 Å². The van der Waals surface area contributed by atoms with E-state index in [0.717, 1.165) is 21.5 Å². The Labute approximate surface area is 190 Å². The van der Waals surface area contributed by atoms with Gasteiger partial charge in [-0.1, -0.05) is 36.4 Å². The molecular weight excluding hydrogens is 420 g/mol. The summed E-state index contributed by atoms with van der Waals surface area (Å²) >= 11 is 0. The third-order valence-corrected chi connectivity index (χ3v) is 5.12. The second-order valence-corrected chi connectivity index (χ2v) is 7.55. The third kappa shape index (κ3) is 5.25. The maximum atomic E-state index is 12.8. The summed E-state index contributed by atoms with van der Waals surface area (Å²) in [5.41, 5.74) is 0.927. The van der Waals surface area contributed by atoms with Crippen LogP contribution in [0.4, 0.5) is 0 Å². The smallest absolute Gasteiger partial charge is 0.308 e. The fourth-order valence-electron chi connectivity index (χ4n) is 3.55. The summed E-state index contributed by atoms with van der Waals surface area (Å²) in [6.45, 7) is 3.61. The average Bonchev–Trinajstić information content (AvgIpc) is 2.81. The molecule has 0 unspecified atom stereocenters. The second kappa shape index (κ2) is 9.63. The lowest BCUT2D eigenvalue weighted by molar-refractivity contribution is -0.202. The molecular formula is C27H22O6. The van der Waals surface area contributed by atoms with E-state index < -0.39 is 5.97 Å². The predicted molar refractivity (Wildman–Crippen MR) is 125 cm³/mol. The maximum Gasteiger partial charge on any atom is 0.308 e. The molecule has 0 aliphatic carbocycles. The number of Topliss-reactive ketones (excluding diaryl/α,β-unsaturated/α-hetero) is 2. The van der Waals surface area contributed by atoms with Crippen LogP contribution in [0.5, 0.6) is 11.5 Å². The van der Waals surface area contributed by atoms with E-state index in [-0.39, 0.29) is 18.0 Å². The summed E-state index contributed by atoms with van der Waals surface area (Å²) in [6, 6.07) is 21.1. The second-order valence-electron chi connectivity index (χ2n) is 7.55. The van der Waals surface area contributed by atoms with E-state index in [4.69, 9.17) is 14.5 Å². The van der Waals surface area contributed by atoms with Crippen LogP contribution in [0.15, 0.2) is 72.8 Å². The van der Waals surface area contributed by atoms with E-state index in [2.05, 4.69) is 0 Å². The first-order valence-corrected chi connectivity index (χ1v) is 10.5. The molecule has 0 heterocycles. The van der Waals surface area contributed by atoms with Crippen LogP contribution in [-0.2, 0) is 9.68 Å². The molecule has 0 aromatic heterocycles. The molecule has 4 rings (SSSR count). The number of hydrogen-bond donors (Lipinski definition) is 0. The van der Waals surface area contributed by atoms with Gasteiger partial charge < -0.3 is 9.62 Å². The minimum atomic E-state index is -0.396. The normalized spacial score (nSPS) is 10.8. The van der Waals surface area contributed by atoms with Crippen LogP contribution in [0, 0.1) is 0 Å². The van der Waals surface area contributed by atoms with Gasteiger partial charge in [-0.05, 0) is 64.9 Å². The van der Waals surface area contributed by atoms with Crippen molar-refractivity contribution >= 4 is 39.1 Å². The minimum Gasteiger partial charge on any atom is -0.427 e. The number of rotatable bonds is 8. The van der Waals surface area contributed by atoms with Crippen LogP contribution in [-0.4, -0.2) is 24.1 Å². The largest absolute Gasteiger partial charge is 0.427 e. The van der Waals surface area contributed by atoms with E-state index in [9.17, 15) is 14.4 Å². The molecule has 33 heavy (non-hydrogen) atoms. The zero-order chi connectivity index (χ0) is 23.4. The summed E-state index contributed by atoms with van der Waals surface area (Å²) in [6.07, 6.45) is -0.228. The number of benzene rings is 4. The first kappa shape index (κ1) is 22.2. The Hall–Kier alpha value is -4.03. The standard InChI is InChI=1S/C27H22O6/c1-3-31-33-25-11-9-19-13-23(7-5-21(19)15-25)27(30)16-26(29)22-6-4-20-14-24(32-17(2)28)10-8-18(20)12-22/h4-15H,3,16H2,1-2H3. The van der Waals surface area contributed by atoms with E-state index in [1.54, 1.807) is 54.6 Å². The number of esters is 1. The molecule has 6 nitrogen and oxygen atoms in total. The van der Waals surface area contributed by atoms with Crippen molar-refractivity contribution in [1.29, 1.82) is 0 Å². The molecule has 0 saturated heterocycles. The molecule has 0 aliphatic heterocycles. The molecule has 4 aromatic carbocycles.